The third-order valence-electron chi connectivity index (χ3n) is 2.79. The maximum absolute atomic E-state index is 11.6. The van der Waals surface area contributed by atoms with Gasteiger partial charge in [0.05, 0.1) is 6.26 Å². The molecule has 1 saturated carbocycles. The molecule has 1 aliphatic rings. The Morgan fingerprint density at radius 1 is 1.73 bits per heavy atom. The topological polar surface area (TPSA) is 68.3 Å². The van der Waals surface area contributed by atoms with Crippen molar-refractivity contribution in [2.24, 2.45) is 11.7 Å². The molecular formula is C11H16N2O2. The van der Waals surface area contributed by atoms with Crippen molar-refractivity contribution in [2.45, 2.75) is 25.8 Å². The molecule has 0 spiro atoms. The van der Waals surface area contributed by atoms with E-state index in [1.54, 1.807) is 6.07 Å². The van der Waals surface area contributed by atoms with Gasteiger partial charge >= 0.3 is 0 Å². The Labute approximate surface area is 88.8 Å². The summed E-state index contributed by atoms with van der Waals surface area (Å²) in [4.78, 5) is 11.6. The first-order chi connectivity index (χ1) is 7.18. The second kappa shape index (κ2) is 4.06. The molecule has 1 heterocycles. The summed E-state index contributed by atoms with van der Waals surface area (Å²) in [6.07, 6.45) is 3.90. The summed E-state index contributed by atoms with van der Waals surface area (Å²) >= 11 is 0. The molecule has 4 nitrogen and oxygen atoms in total. The lowest BCUT2D eigenvalue weighted by Gasteiger charge is -2.10. The van der Waals surface area contributed by atoms with E-state index in [0.29, 0.717) is 18.2 Å². The quantitative estimate of drug-likeness (QED) is 0.777. The van der Waals surface area contributed by atoms with Crippen LogP contribution in [-0.2, 0) is 0 Å². The smallest absolute Gasteiger partial charge is 0.287 e. The fourth-order valence-electron chi connectivity index (χ4n) is 1.59. The summed E-state index contributed by atoms with van der Waals surface area (Å²) < 4.78 is 5.08. The molecule has 1 aromatic heterocycles. The third kappa shape index (κ3) is 2.39. The first-order valence-electron chi connectivity index (χ1n) is 5.26. The fraction of sp³-hybridized carbons (Fsp3) is 0.545. The average Bonchev–Trinajstić information content (AvgIpc) is 2.98. The van der Waals surface area contributed by atoms with Crippen LogP contribution in [0.2, 0.25) is 0 Å². The number of furan rings is 1. The van der Waals surface area contributed by atoms with Crippen LogP contribution < -0.4 is 11.1 Å². The molecule has 1 amide bonds. The summed E-state index contributed by atoms with van der Waals surface area (Å²) in [6, 6.07) is 1.86. The highest BCUT2D eigenvalue weighted by molar-refractivity contribution is 5.92. The highest BCUT2D eigenvalue weighted by Gasteiger charge is 2.28. The van der Waals surface area contributed by atoms with Crippen molar-refractivity contribution in [1.29, 1.82) is 0 Å². The molecule has 1 aromatic rings. The number of carbonyl (C=O) groups excluding carboxylic acids is 1. The summed E-state index contributed by atoms with van der Waals surface area (Å²) in [5.41, 5.74) is 6.73. The van der Waals surface area contributed by atoms with E-state index >= 15 is 0 Å². The van der Waals surface area contributed by atoms with Gasteiger partial charge in [0.2, 0.25) is 0 Å². The molecule has 1 fully saturated rings. The second-order valence-corrected chi connectivity index (χ2v) is 4.14. The van der Waals surface area contributed by atoms with Crippen molar-refractivity contribution in [3.63, 3.8) is 0 Å². The maximum atomic E-state index is 11.6. The number of rotatable bonds is 4. The van der Waals surface area contributed by atoms with Gasteiger partial charge in [0.25, 0.3) is 5.91 Å². The Kier molecular flexibility index (Phi) is 2.77. The zero-order chi connectivity index (χ0) is 10.8. The van der Waals surface area contributed by atoms with Crippen LogP contribution >= 0.6 is 0 Å². The number of carbonyl (C=O) groups is 1. The molecule has 1 unspecified atom stereocenters. The SMILES string of the molecule is Cc1ccoc1C(=O)NCC(N)C1CC1. The molecule has 3 N–H and O–H groups in total. The van der Waals surface area contributed by atoms with Crippen molar-refractivity contribution < 1.29 is 9.21 Å². The van der Waals surface area contributed by atoms with Crippen molar-refractivity contribution >= 4 is 5.91 Å². The van der Waals surface area contributed by atoms with Gasteiger partial charge in [-0.05, 0) is 31.7 Å². The summed E-state index contributed by atoms with van der Waals surface area (Å²) in [6.45, 7) is 2.38. The van der Waals surface area contributed by atoms with Gasteiger partial charge in [-0.15, -0.1) is 0 Å². The third-order valence-corrected chi connectivity index (χ3v) is 2.79. The number of nitrogens with two attached hydrogens (primary N) is 1. The molecule has 2 rings (SSSR count). The van der Waals surface area contributed by atoms with Crippen molar-refractivity contribution in [3.8, 4) is 0 Å². The molecule has 4 heteroatoms. The normalized spacial score (nSPS) is 17.5. The van der Waals surface area contributed by atoms with E-state index < -0.39 is 0 Å². The minimum absolute atomic E-state index is 0.0872. The van der Waals surface area contributed by atoms with E-state index in [0.717, 1.165) is 5.56 Å². The minimum atomic E-state index is -0.173. The van der Waals surface area contributed by atoms with Crippen molar-refractivity contribution in [2.75, 3.05) is 6.54 Å². The lowest BCUT2D eigenvalue weighted by atomic mass is 10.2. The van der Waals surface area contributed by atoms with Gasteiger partial charge in [0.1, 0.15) is 0 Å². The van der Waals surface area contributed by atoms with E-state index in [2.05, 4.69) is 5.32 Å². The zero-order valence-corrected chi connectivity index (χ0v) is 8.82. The predicted octanol–water partition coefficient (Wildman–Crippen LogP) is 1.06. The van der Waals surface area contributed by atoms with Crippen molar-refractivity contribution in [1.82, 2.24) is 5.32 Å². The molecule has 1 atom stereocenters. The van der Waals surface area contributed by atoms with Gasteiger partial charge in [-0.2, -0.15) is 0 Å². The molecule has 15 heavy (non-hydrogen) atoms. The van der Waals surface area contributed by atoms with Gasteiger partial charge in [-0.25, -0.2) is 0 Å². The van der Waals surface area contributed by atoms with Gasteiger partial charge in [0.15, 0.2) is 5.76 Å². The first kappa shape index (κ1) is 10.2. The van der Waals surface area contributed by atoms with Gasteiger partial charge in [-0.1, -0.05) is 0 Å². The Balaban J connectivity index is 1.84. The molecule has 0 saturated heterocycles. The Hall–Kier alpha value is -1.29. The lowest BCUT2D eigenvalue weighted by Crippen LogP contribution is -2.38. The van der Waals surface area contributed by atoms with Crippen LogP contribution in [0.25, 0.3) is 0 Å². The highest BCUT2D eigenvalue weighted by atomic mass is 16.3. The largest absolute Gasteiger partial charge is 0.459 e. The van der Waals surface area contributed by atoms with E-state index in [-0.39, 0.29) is 11.9 Å². The molecular weight excluding hydrogens is 192 g/mol. The van der Waals surface area contributed by atoms with Crippen LogP contribution in [0.3, 0.4) is 0 Å². The van der Waals surface area contributed by atoms with E-state index in [1.165, 1.54) is 19.1 Å². The summed E-state index contributed by atoms with van der Waals surface area (Å²) in [7, 11) is 0. The summed E-state index contributed by atoms with van der Waals surface area (Å²) in [5.74, 6) is 0.814. The second-order valence-electron chi connectivity index (χ2n) is 4.14. The monoisotopic (exact) mass is 208 g/mol. The van der Waals surface area contributed by atoms with Crippen LogP contribution in [0, 0.1) is 12.8 Å². The van der Waals surface area contributed by atoms with Gasteiger partial charge in [0, 0.05) is 18.2 Å². The van der Waals surface area contributed by atoms with Crippen LogP contribution in [-0.4, -0.2) is 18.5 Å². The minimum Gasteiger partial charge on any atom is -0.459 e. The average molecular weight is 208 g/mol. The number of nitrogens with one attached hydrogen (secondary N) is 1. The van der Waals surface area contributed by atoms with Crippen LogP contribution in [0.5, 0.6) is 0 Å². The number of amides is 1. The highest BCUT2D eigenvalue weighted by Crippen LogP contribution is 2.31. The predicted molar refractivity (Wildman–Crippen MR) is 56.5 cm³/mol. The van der Waals surface area contributed by atoms with Crippen molar-refractivity contribution in [3.05, 3.63) is 23.7 Å². The molecule has 0 aliphatic heterocycles. The Bertz CT molecular complexity index is 355. The fourth-order valence-corrected chi connectivity index (χ4v) is 1.59. The molecule has 0 bridgehead atoms. The Morgan fingerprint density at radius 2 is 2.47 bits per heavy atom. The number of hydrogen-bond donors (Lipinski definition) is 2. The number of hydrogen-bond acceptors (Lipinski definition) is 3. The van der Waals surface area contributed by atoms with E-state index in [1.807, 2.05) is 6.92 Å². The zero-order valence-electron chi connectivity index (χ0n) is 8.82. The first-order valence-corrected chi connectivity index (χ1v) is 5.26. The molecule has 0 radical (unpaired) electrons. The maximum Gasteiger partial charge on any atom is 0.287 e. The summed E-state index contributed by atoms with van der Waals surface area (Å²) in [5, 5.41) is 2.79. The van der Waals surface area contributed by atoms with Crippen LogP contribution in [0.4, 0.5) is 0 Å². The standard InChI is InChI=1S/C11H16N2O2/c1-7-4-5-15-10(7)11(14)13-6-9(12)8-2-3-8/h4-5,8-9H,2-3,6,12H2,1H3,(H,13,14). The van der Waals surface area contributed by atoms with Gasteiger partial charge in [-0.3, -0.25) is 4.79 Å². The van der Waals surface area contributed by atoms with Crippen LogP contribution in [0.15, 0.2) is 16.7 Å². The van der Waals surface area contributed by atoms with E-state index in [4.69, 9.17) is 10.2 Å². The molecule has 0 aromatic carbocycles. The van der Waals surface area contributed by atoms with Crippen LogP contribution in [0.1, 0.15) is 29.0 Å². The van der Waals surface area contributed by atoms with Gasteiger partial charge < -0.3 is 15.5 Å². The number of aryl methyl sites for hydroxylation is 1. The Morgan fingerprint density at radius 3 is 3.00 bits per heavy atom. The lowest BCUT2D eigenvalue weighted by molar-refractivity contribution is 0.0921. The molecule has 82 valence electrons. The molecule has 1 aliphatic carbocycles. The van der Waals surface area contributed by atoms with E-state index in [9.17, 15) is 4.79 Å².